The first-order valence-corrected chi connectivity index (χ1v) is 6.13. The summed E-state index contributed by atoms with van der Waals surface area (Å²) in [5.41, 5.74) is 0.884. The summed E-state index contributed by atoms with van der Waals surface area (Å²) in [5.74, 6) is -0.654. The van der Waals surface area contributed by atoms with Crippen LogP contribution in [0, 0.1) is 5.41 Å². The molecule has 0 bridgehead atoms. The van der Waals surface area contributed by atoms with Crippen molar-refractivity contribution in [3.05, 3.63) is 11.6 Å². The minimum Gasteiger partial charge on any atom is -0.481 e. The first kappa shape index (κ1) is 12.6. The van der Waals surface area contributed by atoms with Gasteiger partial charge in [-0.25, -0.2) is 0 Å². The molecule has 0 aliphatic heterocycles. The fourth-order valence-electron chi connectivity index (χ4n) is 2.36. The van der Waals surface area contributed by atoms with E-state index in [1.165, 1.54) is 24.8 Å². The van der Waals surface area contributed by atoms with Gasteiger partial charge in [0.05, 0.1) is 5.41 Å². The standard InChI is InChI=1S/C12H19ClO2/c13-10-6-9-12(11(14)15)7-4-2-1-3-5-8-12/h6,10H,1-5,7-9H2,(H,14,15)/b10-6+. The highest BCUT2D eigenvalue weighted by molar-refractivity contribution is 6.25. The molecule has 1 N–H and O–H groups in total. The molecule has 0 aromatic heterocycles. The molecule has 1 aliphatic carbocycles. The quantitative estimate of drug-likeness (QED) is 0.797. The van der Waals surface area contributed by atoms with Crippen molar-refractivity contribution >= 4 is 17.6 Å². The summed E-state index contributed by atoms with van der Waals surface area (Å²) >= 11 is 5.49. The third-order valence-electron chi connectivity index (χ3n) is 3.36. The van der Waals surface area contributed by atoms with E-state index in [0.29, 0.717) is 6.42 Å². The van der Waals surface area contributed by atoms with Crippen molar-refractivity contribution in [2.75, 3.05) is 0 Å². The average molecular weight is 231 g/mol. The molecule has 0 saturated heterocycles. The number of aliphatic carboxylic acids is 1. The summed E-state index contributed by atoms with van der Waals surface area (Å²) in [4.78, 5) is 11.4. The Morgan fingerprint density at radius 3 is 2.20 bits per heavy atom. The Morgan fingerprint density at radius 1 is 1.20 bits per heavy atom. The molecule has 0 unspecified atom stereocenters. The van der Waals surface area contributed by atoms with Crippen molar-refractivity contribution in [1.82, 2.24) is 0 Å². The first-order chi connectivity index (χ1) is 7.21. The summed E-state index contributed by atoms with van der Waals surface area (Å²) in [6.07, 6.45) is 9.58. The van der Waals surface area contributed by atoms with E-state index in [1.54, 1.807) is 6.08 Å². The summed E-state index contributed by atoms with van der Waals surface area (Å²) in [7, 11) is 0. The number of carboxylic acid groups (broad SMARTS) is 1. The third-order valence-corrected chi connectivity index (χ3v) is 3.54. The molecule has 15 heavy (non-hydrogen) atoms. The molecule has 0 radical (unpaired) electrons. The van der Waals surface area contributed by atoms with E-state index >= 15 is 0 Å². The Hall–Kier alpha value is -0.500. The zero-order valence-corrected chi connectivity index (χ0v) is 9.80. The monoisotopic (exact) mass is 230 g/mol. The SMILES string of the molecule is O=C(O)C1(C/C=C/Cl)CCCCCCC1. The van der Waals surface area contributed by atoms with Crippen LogP contribution < -0.4 is 0 Å². The zero-order chi connectivity index (χ0) is 11.1. The lowest BCUT2D eigenvalue weighted by Crippen LogP contribution is -2.31. The van der Waals surface area contributed by atoms with Gasteiger partial charge in [0.25, 0.3) is 0 Å². The topological polar surface area (TPSA) is 37.3 Å². The Balaban J connectivity index is 2.70. The predicted molar refractivity (Wildman–Crippen MR) is 62.0 cm³/mol. The van der Waals surface area contributed by atoms with Gasteiger partial charge in [0.1, 0.15) is 0 Å². The van der Waals surface area contributed by atoms with Gasteiger partial charge in [0.2, 0.25) is 0 Å². The Kier molecular flexibility index (Phi) is 5.16. The van der Waals surface area contributed by atoms with E-state index in [2.05, 4.69) is 0 Å². The zero-order valence-electron chi connectivity index (χ0n) is 9.04. The van der Waals surface area contributed by atoms with Crippen LogP contribution in [0.2, 0.25) is 0 Å². The molecule has 1 aliphatic rings. The average Bonchev–Trinajstić information content (AvgIpc) is 2.16. The summed E-state index contributed by atoms with van der Waals surface area (Å²) in [5, 5.41) is 9.36. The van der Waals surface area contributed by atoms with Crippen LogP contribution in [0.5, 0.6) is 0 Å². The van der Waals surface area contributed by atoms with Crippen molar-refractivity contribution in [3.63, 3.8) is 0 Å². The smallest absolute Gasteiger partial charge is 0.309 e. The molecule has 0 aromatic rings. The van der Waals surface area contributed by atoms with Gasteiger partial charge >= 0.3 is 5.97 Å². The summed E-state index contributed by atoms with van der Waals surface area (Å²) in [6.45, 7) is 0. The molecule has 1 fully saturated rings. The van der Waals surface area contributed by atoms with Crippen molar-refractivity contribution in [3.8, 4) is 0 Å². The Bertz CT molecular complexity index is 228. The number of halogens is 1. The second-order valence-electron chi connectivity index (χ2n) is 4.42. The van der Waals surface area contributed by atoms with Crippen molar-refractivity contribution < 1.29 is 9.90 Å². The second-order valence-corrected chi connectivity index (χ2v) is 4.67. The minimum atomic E-state index is -0.654. The number of rotatable bonds is 3. The van der Waals surface area contributed by atoms with Gasteiger partial charge in [-0.15, -0.1) is 0 Å². The molecule has 0 heterocycles. The van der Waals surface area contributed by atoms with Crippen molar-refractivity contribution in [1.29, 1.82) is 0 Å². The highest BCUT2D eigenvalue weighted by atomic mass is 35.5. The second kappa shape index (κ2) is 6.16. The normalized spacial score (nSPS) is 22.2. The van der Waals surface area contributed by atoms with Crippen LogP contribution in [-0.4, -0.2) is 11.1 Å². The van der Waals surface area contributed by atoms with Gasteiger partial charge in [-0.1, -0.05) is 49.8 Å². The molecular formula is C12H19ClO2. The minimum absolute atomic E-state index is 0.550. The van der Waals surface area contributed by atoms with Gasteiger partial charge in [0.15, 0.2) is 0 Å². The van der Waals surface area contributed by atoms with E-state index in [4.69, 9.17) is 11.6 Å². The van der Waals surface area contributed by atoms with Crippen molar-refractivity contribution in [2.45, 2.75) is 51.4 Å². The molecule has 1 saturated carbocycles. The number of hydrogen-bond donors (Lipinski definition) is 1. The third kappa shape index (κ3) is 3.53. The molecule has 3 heteroatoms. The van der Waals surface area contributed by atoms with Crippen molar-refractivity contribution in [2.24, 2.45) is 5.41 Å². The maximum absolute atomic E-state index is 11.4. The summed E-state index contributed by atoms with van der Waals surface area (Å²) < 4.78 is 0. The predicted octanol–water partition coefficient (Wildman–Crippen LogP) is 3.94. The van der Waals surface area contributed by atoms with Crippen LogP contribution in [-0.2, 0) is 4.79 Å². The molecule has 2 nitrogen and oxygen atoms in total. The summed E-state index contributed by atoms with van der Waals surface area (Å²) in [6, 6.07) is 0. The molecule has 0 spiro atoms. The van der Waals surface area contributed by atoms with Crippen LogP contribution in [0.1, 0.15) is 51.4 Å². The van der Waals surface area contributed by atoms with Crippen LogP contribution in [0.3, 0.4) is 0 Å². The lowest BCUT2D eigenvalue weighted by atomic mass is 9.74. The largest absolute Gasteiger partial charge is 0.481 e. The lowest BCUT2D eigenvalue weighted by Gasteiger charge is -2.30. The maximum atomic E-state index is 11.4. The maximum Gasteiger partial charge on any atom is 0.309 e. The highest BCUT2D eigenvalue weighted by Crippen LogP contribution is 2.38. The fraction of sp³-hybridized carbons (Fsp3) is 0.750. The highest BCUT2D eigenvalue weighted by Gasteiger charge is 2.36. The van der Waals surface area contributed by atoms with E-state index in [1.807, 2.05) is 0 Å². The van der Waals surface area contributed by atoms with Crippen LogP contribution in [0.15, 0.2) is 11.6 Å². The molecule has 0 aromatic carbocycles. The number of allylic oxidation sites excluding steroid dienone is 1. The van der Waals surface area contributed by atoms with Gasteiger partial charge in [-0.05, 0) is 19.3 Å². The van der Waals surface area contributed by atoms with E-state index < -0.39 is 11.4 Å². The Morgan fingerprint density at radius 2 is 1.73 bits per heavy atom. The first-order valence-electron chi connectivity index (χ1n) is 5.70. The lowest BCUT2D eigenvalue weighted by molar-refractivity contribution is -0.150. The number of carbonyl (C=O) groups is 1. The van der Waals surface area contributed by atoms with Crippen LogP contribution >= 0.6 is 11.6 Å². The van der Waals surface area contributed by atoms with E-state index in [9.17, 15) is 9.90 Å². The van der Waals surface area contributed by atoms with Gasteiger partial charge in [0, 0.05) is 5.54 Å². The molecule has 0 amide bonds. The van der Waals surface area contributed by atoms with Crippen LogP contribution in [0.25, 0.3) is 0 Å². The Labute approximate surface area is 96.3 Å². The van der Waals surface area contributed by atoms with E-state index in [-0.39, 0.29) is 0 Å². The molecule has 86 valence electrons. The number of carboxylic acids is 1. The van der Waals surface area contributed by atoms with Gasteiger partial charge in [-0.2, -0.15) is 0 Å². The van der Waals surface area contributed by atoms with E-state index in [0.717, 1.165) is 25.7 Å². The molecule has 1 rings (SSSR count). The fourth-order valence-corrected chi connectivity index (χ4v) is 2.45. The van der Waals surface area contributed by atoms with Gasteiger partial charge < -0.3 is 5.11 Å². The number of hydrogen-bond acceptors (Lipinski definition) is 1. The molecular weight excluding hydrogens is 212 g/mol. The van der Waals surface area contributed by atoms with Crippen LogP contribution in [0.4, 0.5) is 0 Å². The molecule has 0 atom stereocenters. The van der Waals surface area contributed by atoms with Gasteiger partial charge in [-0.3, -0.25) is 4.79 Å².